The Morgan fingerprint density at radius 1 is 1.39 bits per heavy atom. The Hall–Kier alpha value is -0.510. The number of likely N-dealkylation sites (tertiary alicyclic amines) is 1. The highest BCUT2D eigenvalue weighted by Crippen LogP contribution is 2.39. The van der Waals surface area contributed by atoms with E-state index in [1.165, 1.54) is 16.2 Å². The van der Waals surface area contributed by atoms with Gasteiger partial charge in [-0.25, -0.2) is 0 Å². The largest absolute Gasteiger partial charge is 0.393 e. The van der Waals surface area contributed by atoms with Crippen LogP contribution in [0.4, 0.5) is 0 Å². The minimum Gasteiger partial charge on any atom is -0.393 e. The van der Waals surface area contributed by atoms with E-state index in [1.54, 1.807) is 0 Å². The predicted molar refractivity (Wildman–Crippen MR) is 76.1 cm³/mol. The van der Waals surface area contributed by atoms with Gasteiger partial charge in [-0.05, 0) is 24.0 Å². The molecule has 18 heavy (non-hydrogen) atoms. The summed E-state index contributed by atoms with van der Waals surface area (Å²) in [5, 5.41) is 9.78. The highest BCUT2D eigenvalue weighted by Gasteiger charge is 2.29. The van der Waals surface area contributed by atoms with Crippen LogP contribution >= 0.6 is 11.8 Å². The van der Waals surface area contributed by atoms with Crippen molar-refractivity contribution in [1.29, 1.82) is 0 Å². The van der Waals surface area contributed by atoms with E-state index in [2.05, 4.69) is 36.1 Å². The average molecular weight is 263 g/mol. The Labute approximate surface area is 113 Å². The Bertz CT molecular complexity index is 423. The summed E-state index contributed by atoms with van der Waals surface area (Å²) in [6, 6.07) is 8.80. The zero-order valence-corrected chi connectivity index (χ0v) is 11.7. The summed E-state index contributed by atoms with van der Waals surface area (Å²) in [6.45, 7) is 5.41. The first kappa shape index (κ1) is 12.5. The van der Waals surface area contributed by atoms with Crippen molar-refractivity contribution in [3.05, 3.63) is 29.8 Å². The number of hydrogen-bond donors (Lipinski definition) is 1. The minimum absolute atomic E-state index is 0.0912. The normalized spacial score (nSPS) is 32.4. The molecule has 0 bridgehead atoms. The molecule has 0 amide bonds. The van der Waals surface area contributed by atoms with Crippen LogP contribution in [0.25, 0.3) is 0 Å². The molecular weight excluding hydrogens is 242 g/mol. The molecular formula is C15H21NOS. The second kappa shape index (κ2) is 5.24. The smallest absolute Gasteiger partial charge is 0.0590 e. The number of fused-ring (bicyclic) bond motifs is 1. The van der Waals surface area contributed by atoms with Crippen molar-refractivity contribution in [2.45, 2.75) is 30.3 Å². The summed E-state index contributed by atoms with van der Waals surface area (Å²) in [6.07, 6.45) is 0.842. The fourth-order valence-electron chi connectivity index (χ4n) is 3.08. The molecule has 98 valence electrons. The molecule has 3 atom stereocenters. The summed E-state index contributed by atoms with van der Waals surface area (Å²) in [5.74, 6) is 2.31. The van der Waals surface area contributed by atoms with E-state index >= 15 is 0 Å². The molecule has 3 unspecified atom stereocenters. The maximum absolute atomic E-state index is 9.78. The molecule has 0 radical (unpaired) electrons. The number of hydrogen-bond acceptors (Lipinski definition) is 3. The van der Waals surface area contributed by atoms with Gasteiger partial charge in [-0.1, -0.05) is 25.1 Å². The van der Waals surface area contributed by atoms with E-state index in [0.29, 0.717) is 11.8 Å². The number of nitrogens with zero attached hydrogens (tertiary/aromatic N) is 1. The first-order valence-electron chi connectivity index (χ1n) is 6.86. The maximum atomic E-state index is 9.78. The highest BCUT2D eigenvalue weighted by molar-refractivity contribution is 7.99. The van der Waals surface area contributed by atoms with E-state index in [0.717, 1.165) is 26.1 Å². The van der Waals surface area contributed by atoms with Crippen molar-refractivity contribution < 1.29 is 5.11 Å². The molecule has 1 saturated heterocycles. The molecule has 2 aliphatic rings. The third-order valence-electron chi connectivity index (χ3n) is 4.22. The zero-order valence-electron chi connectivity index (χ0n) is 10.9. The first-order chi connectivity index (χ1) is 8.74. The molecule has 2 heterocycles. The van der Waals surface area contributed by atoms with Gasteiger partial charge in [0.1, 0.15) is 0 Å². The monoisotopic (exact) mass is 263 g/mol. The van der Waals surface area contributed by atoms with Crippen LogP contribution in [0.15, 0.2) is 29.2 Å². The SMILES string of the molecule is CC1CN(CC2CSc3ccccc32)CCC1O. The Morgan fingerprint density at radius 2 is 2.22 bits per heavy atom. The van der Waals surface area contributed by atoms with Crippen molar-refractivity contribution in [2.24, 2.45) is 5.92 Å². The lowest BCUT2D eigenvalue weighted by Gasteiger charge is -2.35. The quantitative estimate of drug-likeness (QED) is 0.887. The van der Waals surface area contributed by atoms with Crippen LogP contribution in [-0.2, 0) is 0 Å². The van der Waals surface area contributed by atoms with Crippen molar-refractivity contribution in [3.63, 3.8) is 0 Å². The van der Waals surface area contributed by atoms with Crippen molar-refractivity contribution in [1.82, 2.24) is 4.90 Å². The lowest BCUT2D eigenvalue weighted by molar-refractivity contribution is 0.0335. The van der Waals surface area contributed by atoms with Crippen LogP contribution in [0, 0.1) is 5.92 Å². The van der Waals surface area contributed by atoms with Crippen LogP contribution < -0.4 is 0 Å². The molecule has 3 heteroatoms. The molecule has 0 saturated carbocycles. The summed E-state index contributed by atoms with van der Waals surface area (Å²) < 4.78 is 0. The molecule has 1 fully saturated rings. The van der Waals surface area contributed by atoms with Gasteiger partial charge in [-0.15, -0.1) is 11.8 Å². The van der Waals surface area contributed by atoms with Crippen LogP contribution in [-0.4, -0.2) is 41.5 Å². The van der Waals surface area contributed by atoms with Gasteiger partial charge in [0.15, 0.2) is 0 Å². The molecule has 2 aliphatic heterocycles. The van der Waals surface area contributed by atoms with Gasteiger partial charge in [-0.2, -0.15) is 0 Å². The molecule has 1 aromatic rings. The minimum atomic E-state index is -0.0912. The molecule has 0 aliphatic carbocycles. The number of benzene rings is 1. The lowest BCUT2D eigenvalue weighted by atomic mass is 9.94. The van der Waals surface area contributed by atoms with Crippen LogP contribution in [0.2, 0.25) is 0 Å². The van der Waals surface area contributed by atoms with Gasteiger partial charge in [0, 0.05) is 36.2 Å². The van der Waals surface area contributed by atoms with Crippen LogP contribution in [0.3, 0.4) is 0 Å². The summed E-state index contributed by atoms with van der Waals surface area (Å²) >= 11 is 1.99. The van der Waals surface area contributed by atoms with E-state index in [-0.39, 0.29) is 6.10 Å². The summed E-state index contributed by atoms with van der Waals surface area (Å²) in [7, 11) is 0. The number of piperidine rings is 1. The second-order valence-corrected chi connectivity index (χ2v) is 6.70. The number of aliphatic hydroxyl groups is 1. The second-order valence-electron chi connectivity index (χ2n) is 5.64. The van der Waals surface area contributed by atoms with E-state index in [1.807, 2.05) is 11.8 Å². The Kier molecular flexibility index (Phi) is 3.64. The van der Waals surface area contributed by atoms with Gasteiger partial charge in [0.25, 0.3) is 0 Å². The zero-order chi connectivity index (χ0) is 12.5. The molecule has 3 rings (SSSR count). The standard InChI is InChI=1S/C15H21NOS/c1-11-8-16(7-6-14(11)17)9-12-10-18-15-5-3-2-4-13(12)15/h2-5,11-12,14,17H,6-10H2,1H3. The van der Waals surface area contributed by atoms with Crippen LogP contribution in [0.1, 0.15) is 24.8 Å². The average Bonchev–Trinajstić information content (AvgIpc) is 2.78. The predicted octanol–water partition coefficient (Wildman–Crippen LogP) is 2.58. The topological polar surface area (TPSA) is 23.5 Å². The van der Waals surface area contributed by atoms with Gasteiger partial charge < -0.3 is 10.0 Å². The van der Waals surface area contributed by atoms with E-state index in [9.17, 15) is 5.11 Å². The van der Waals surface area contributed by atoms with Gasteiger partial charge in [0.05, 0.1) is 6.10 Å². The van der Waals surface area contributed by atoms with Gasteiger partial charge in [0.2, 0.25) is 0 Å². The summed E-state index contributed by atoms with van der Waals surface area (Å²) in [4.78, 5) is 4.00. The Balaban J connectivity index is 1.65. The number of aliphatic hydroxyl groups excluding tert-OH is 1. The maximum Gasteiger partial charge on any atom is 0.0590 e. The fourth-order valence-corrected chi connectivity index (χ4v) is 4.32. The third kappa shape index (κ3) is 2.44. The van der Waals surface area contributed by atoms with Crippen molar-refractivity contribution in [3.8, 4) is 0 Å². The molecule has 0 aromatic heterocycles. The van der Waals surface area contributed by atoms with Crippen molar-refractivity contribution >= 4 is 11.8 Å². The molecule has 1 aromatic carbocycles. The lowest BCUT2D eigenvalue weighted by Crippen LogP contribution is -2.43. The Morgan fingerprint density at radius 3 is 3.06 bits per heavy atom. The number of rotatable bonds is 2. The van der Waals surface area contributed by atoms with E-state index < -0.39 is 0 Å². The van der Waals surface area contributed by atoms with E-state index in [4.69, 9.17) is 0 Å². The van der Waals surface area contributed by atoms with Gasteiger partial charge in [-0.3, -0.25) is 0 Å². The highest BCUT2D eigenvalue weighted by atomic mass is 32.2. The third-order valence-corrected chi connectivity index (χ3v) is 5.47. The van der Waals surface area contributed by atoms with Crippen molar-refractivity contribution in [2.75, 3.05) is 25.4 Å². The number of thioether (sulfide) groups is 1. The molecule has 1 N–H and O–H groups in total. The molecule has 2 nitrogen and oxygen atoms in total. The van der Waals surface area contributed by atoms with Gasteiger partial charge >= 0.3 is 0 Å². The summed E-state index contributed by atoms with van der Waals surface area (Å²) in [5.41, 5.74) is 1.53. The first-order valence-corrected chi connectivity index (χ1v) is 7.84. The fraction of sp³-hybridized carbons (Fsp3) is 0.600. The van der Waals surface area contributed by atoms with Crippen LogP contribution in [0.5, 0.6) is 0 Å². The molecule has 0 spiro atoms.